The van der Waals surface area contributed by atoms with Crippen LogP contribution in [0.1, 0.15) is 25.0 Å². The molecule has 0 fully saturated rings. The molecule has 3 nitrogen and oxygen atoms in total. The van der Waals surface area contributed by atoms with Crippen LogP contribution in [0.15, 0.2) is 18.2 Å². The standard InChI is InChI=1S/C14H20O3S2/c1-3-18-9-11-5-12(10-19-4-2)7-13(6-11)17-8-14(15)16/h5-7H,3-4,8-10H2,1-2H3,(H,15,16). The van der Waals surface area contributed by atoms with Gasteiger partial charge in [0.2, 0.25) is 0 Å². The fraction of sp³-hybridized carbons (Fsp3) is 0.500. The van der Waals surface area contributed by atoms with Gasteiger partial charge in [-0.15, -0.1) is 0 Å². The summed E-state index contributed by atoms with van der Waals surface area (Å²) in [6.45, 7) is 3.97. The van der Waals surface area contributed by atoms with Gasteiger partial charge in [0.05, 0.1) is 0 Å². The predicted octanol–water partition coefficient (Wildman–Crippen LogP) is 3.66. The van der Waals surface area contributed by atoms with E-state index < -0.39 is 5.97 Å². The first kappa shape index (κ1) is 16.2. The first-order valence-corrected chi connectivity index (χ1v) is 8.59. The second-order valence-corrected chi connectivity index (χ2v) is 6.49. The van der Waals surface area contributed by atoms with E-state index in [2.05, 4.69) is 19.9 Å². The van der Waals surface area contributed by atoms with E-state index in [-0.39, 0.29) is 6.61 Å². The van der Waals surface area contributed by atoms with Crippen molar-refractivity contribution in [1.29, 1.82) is 0 Å². The van der Waals surface area contributed by atoms with E-state index in [4.69, 9.17) is 9.84 Å². The highest BCUT2D eigenvalue weighted by Crippen LogP contribution is 2.23. The largest absolute Gasteiger partial charge is 0.482 e. The smallest absolute Gasteiger partial charge is 0.341 e. The number of rotatable bonds is 9. The van der Waals surface area contributed by atoms with Crippen molar-refractivity contribution in [3.8, 4) is 5.75 Å². The molecule has 106 valence electrons. The molecule has 5 heteroatoms. The number of carboxylic acid groups (broad SMARTS) is 1. The number of carboxylic acids is 1. The third-order valence-electron chi connectivity index (χ3n) is 2.33. The molecule has 0 saturated heterocycles. The Balaban J connectivity index is 2.78. The Kier molecular flexibility index (Phi) is 7.82. The average molecular weight is 300 g/mol. The lowest BCUT2D eigenvalue weighted by molar-refractivity contribution is -0.139. The minimum Gasteiger partial charge on any atom is -0.482 e. The van der Waals surface area contributed by atoms with Crippen LogP contribution in [-0.2, 0) is 16.3 Å². The van der Waals surface area contributed by atoms with Gasteiger partial charge in [-0.3, -0.25) is 0 Å². The summed E-state index contributed by atoms with van der Waals surface area (Å²) in [5.41, 5.74) is 2.39. The molecular weight excluding hydrogens is 280 g/mol. The second kappa shape index (κ2) is 9.15. The summed E-state index contributed by atoms with van der Waals surface area (Å²) in [7, 11) is 0. The molecule has 0 amide bonds. The van der Waals surface area contributed by atoms with Crippen molar-refractivity contribution in [2.24, 2.45) is 0 Å². The average Bonchev–Trinajstić information content (AvgIpc) is 2.40. The van der Waals surface area contributed by atoms with E-state index in [9.17, 15) is 4.79 Å². The number of hydrogen-bond acceptors (Lipinski definition) is 4. The quantitative estimate of drug-likeness (QED) is 0.754. The number of thioether (sulfide) groups is 2. The number of hydrogen-bond donors (Lipinski definition) is 1. The SMILES string of the molecule is CCSCc1cc(CSCC)cc(OCC(=O)O)c1. The van der Waals surface area contributed by atoms with Crippen molar-refractivity contribution in [1.82, 2.24) is 0 Å². The van der Waals surface area contributed by atoms with Crippen LogP contribution in [0, 0.1) is 0 Å². The van der Waals surface area contributed by atoms with Crippen molar-refractivity contribution in [3.05, 3.63) is 29.3 Å². The predicted molar refractivity (Wildman–Crippen MR) is 83.2 cm³/mol. The van der Waals surface area contributed by atoms with E-state index in [1.807, 2.05) is 35.7 Å². The molecule has 0 aliphatic heterocycles. The van der Waals surface area contributed by atoms with Crippen LogP contribution in [-0.4, -0.2) is 29.2 Å². The number of aliphatic carboxylic acids is 1. The van der Waals surface area contributed by atoms with Crippen LogP contribution in [0.4, 0.5) is 0 Å². The van der Waals surface area contributed by atoms with Gasteiger partial charge in [-0.1, -0.05) is 19.9 Å². The van der Waals surface area contributed by atoms with Gasteiger partial charge in [-0.05, 0) is 34.8 Å². The maximum Gasteiger partial charge on any atom is 0.341 e. The molecule has 0 radical (unpaired) electrons. The minimum atomic E-state index is -0.946. The Morgan fingerprint density at radius 3 is 2.05 bits per heavy atom. The number of benzene rings is 1. The summed E-state index contributed by atoms with van der Waals surface area (Å²) in [6, 6.07) is 6.05. The lowest BCUT2D eigenvalue weighted by atomic mass is 10.1. The summed E-state index contributed by atoms with van der Waals surface area (Å²) in [5.74, 6) is 3.72. The van der Waals surface area contributed by atoms with Gasteiger partial charge in [-0.25, -0.2) is 4.79 Å². The lowest BCUT2D eigenvalue weighted by Crippen LogP contribution is -2.09. The summed E-state index contributed by atoms with van der Waals surface area (Å²) >= 11 is 3.70. The Bertz CT molecular complexity index is 381. The highest BCUT2D eigenvalue weighted by molar-refractivity contribution is 7.98. The molecule has 0 bridgehead atoms. The van der Waals surface area contributed by atoms with Gasteiger partial charge >= 0.3 is 5.97 Å². The molecule has 1 aromatic rings. The van der Waals surface area contributed by atoms with Crippen molar-refractivity contribution in [2.75, 3.05) is 18.1 Å². The zero-order valence-electron chi connectivity index (χ0n) is 11.3. The Morgan fingerprint density at radius 2 is 1.63 bits per heavy atom. The molecule has 0 heterocycles. The van der Waals surface area contributed by atoms with Crippen molar-refractivity contribution < 1.29 is 14.6 Å². The van der Waals surface area contributed by atoms with Gasteiger partial charge in [-0.2, -0.15) is 23.5 Å². The molecule has 0 unspecified atom stereocenters. The fourth-order valence-corrected chi connectivity index (χ4v) is 2.78. The topological polar surface area (TPSA) is 46.5 Å². The van der Waals surface area contributed by atoms with Crippen LogP contribution in [0.3, 0.4) is 0 Å². The maximum atomic E-state index is 10.6. The molecule has 1 N–H and O–H groups in total. The highest BCUT2D eigenvalue weighted by atomic mass is 32.2. The monoisotopic (exact) mass is 300 g/mol. The number of carbonyl (C=O) groups is 1. The van der Waals surface area contributed by atoms with Gasteiger partial charge in [0.1, 0.15) is 5.75 Å². The van der Waals surface area contributed by atoms with Crippen LogP contribution in [0.2, 0.25) is 0 Å². The zero-order chi connectivity index (χ0) is 14.1. The minimum absolute atomic E-state index is 0.287. The molecule has 1 rings (SSSR count). The molecule has 0 aliphatic carbocycles. The van der Waals surface area contributed by atoms with Crippen LogP contribution in [0.25, 0.3) is 0 Å². The molecule has 19 heavy (non-hydrogen) atoms. The zero-order valence-corrected chi connectivity index (χ0v) is 13.0. The van der Waals surface area contributed by atoms with Gasteiger partial charge < -0.3 is 9.84 Å². The summed E-state index contributed by atoms with van der Waals surface area (Å²) in [4.78, 5) is 10.6. The third kappa shape index (κ3) is 6.78. The van der Waals surface area contributed by atoms with Crippen LogP contribution >= 0.6 is 23.5 Å². The van der Waals surface area contributed by atoms with Crippen LogP contribution < -0.4 is 4.74 Å². The van der Waals surface area contributed by atoms with E-state index in [0.717, 1.165) is 23.0 Å². The lowest BCUT2D eigenvalue weighted by Gasteiger charge is -2.10. The summed E-state index contributed by atoms with van der Waals surface area (Å²) in [6.07, 6.45) is 0. The Hall–Kier alpha value is -0.810. The van der Waals surface area contributed by atoms with E-state index in [1.54, 1.807) is 0 Å². The second-order valence-electron chi connectivity index (χ2n) is 3.94. The normalized spacial score (nSPS) is 10.4. The molecule has 0 spiro atoms. The molecule has 0 atom stereocenters. The highest BCUT2D eigenvalue weighted by Gasteiger charge is 2.05. The molecular formula is C14H20O3S2. The van der Waals surface area contributed by atoms with Crippen molar-refractivity contribution >= 4 is 29.5 Å². The first-order chi connectivity index (χ1) is 9.15. The molecule has 1 aromatic carbocycles. The van der Waals surface area contributed by atoms with Crippen molar-refractivity contribution in [3.63, 3.8) is 0 Å². The van der Waals surface area contributed by atoms with Crippen LogP contribution in [0.5, 0.6) is 5.75 Å². The Labute approximate surface area is 123 Å². The fourth-order valence-electron chi connectivity index (χ4n) is 1.56. The third-order valence-corrected chi connectivity index (χ3v) is 4.23. The molecule has 0 aliphatic rings. The van der Waals surface area contributed by atoms with Gasteiger partial charge in [0.25, 0.3) is 0 Å². The van der Waals surface area contributed by atoms with E-state index in [0.29, 0.717) is 5.75 Å². The van der Waals surface area contributed by atoms with E-state index >= 15 is 0 Å². The summed E-state index contributed by atoms with van der Waals surface area (Å²) in [5, 5.41) is 8.66. The summed E-state index contributed by atoms with van der Waals surface area (Å²) < 4.78 is 5.29. The maximum absolute atomic E-state index is 10.6. The first-order valence-electron chi connectivity index (χ1n) is 6.28. The van der Waals surface area contributed by atoms with Gasteiger partial charge in [0, 0.05) is 11.5 Å². The van der Waals surface area contributed by atoms with Gasteiger partial charge in [0.15, 0.2) is 6.61 Å². The van der Waals surface area contributed by atoms with E-state index in [1.165, 1.54) is 11.1 Å². The van der Waals surface area contributed by atoms with Crippen molar-refractivity contribution in [2.45, 2.75) is 25.4 Å². The molecule has 0 aromatic heterocycles. The molecule has 0 saturated carbocycles. The number of ether oxygens (including phenoxy) is 1. The Morgan fingerprint density at radius 1 is 1.11 bits per heavy atom.